The number of hydrogen-bond acceptors (Lipinski definition) is 2. The van der Waals surface area contributed by atoms with E-state index in [1.807, 2.05) is 6.92 Å². The van der Waals surface area contributed by atoms with Gasteiger partial charge in [0.1, 0.15) is 0 Å². The van der Waals surface area contributed by atoms with Gasteiger partial charge in [-0.15, -0.1) is 4.89 Å². The summed E-state index contributed by atoms with van der Waals surface area (Å²) in [5, 5.41) is 0. The molecule has 24 heavy (non-hydrogen) atoms. The van der Waals surface area contributed by atoms with Crippen LogP contribution in [0.5, 0.6) is 0 Å². The van der Waals surface area contributed by atoms with Crippen molar-refractivity contribution in [3.8, 4) is 0 Å². The van der Waals surface area contributed by atoms with Crippen LogP contribution in [0.4, 0.5) is 0 Å². The van der Waals surface area contributed by atoms with Crippen molar-refractivity contribution in [1.82, 2.24) is 0 Å². The van der Waals surface area contributed by atoms with E-state index < -0.39 is 8.25 Å². The molecule has 1 atom stereocenters. The summed E-state index contributed by atoms with van der Waals surface area (Å²) in [5.74, 6) is 0.605. The molecule has 0 amide bonds. The first-order chi connectivity index (χ1) is 11.6. The number of unbranched alkanes of at least 4 members (excludes halogenated alkanes) is 13. The number of allylic oxidation sites excluding steroid dienone is 2. The predicted octanol–water partition coefficient (Wildman–Crippen LogP) is 7.82. The Labute approximate surface area is 151 Å². The molecule has 0 fully saturated rings. The van der Waals surface area contributed by atoms with Crippen LogP contribution in [0.15, 0.2) is 11.3 Å². The third-order valence-electron chi connectivity index (χ3n) is 4.72. The average molecular weight is 360 g/mol. The van der Waals surface area contributed by atoms with Crippen LogP contribution in [0.2, 0.25) is 0 Å². The number of rotatable bonds is 17. The first-order valence-electron chi connectivity index (χ1n) is 10.1. The fraction of sp³-hybridized carbons (Fsp3) is 0.900. The lowest BCUT2D eigenvalue weighted by Gasteiger charge is -2.04. The van der Waals surface area contributed by atoms with Crippen molar-refractivity contribution in [3.63, 3.8) is 0 Å². The lowest BCUT2D eigenvalue weighted by molar-refractivity contribution is 0.348. The Balaban J connectivity index is 3.29. The van der Waals surface area contributed by atoms with Gasteiger partial charge in [0.25, 0.3) is 0 Å². The van der Waals surface area contributed by atoms with Gasteiger partial charge in [0.05, 0.1) is 0 Å². The summed E-state index contributed by atoms with van der Waals surface area (Å²) in [4.78, 5) is 8.72. The van der Waals surface area contributed by atoms with Crippen molar-refractivity contribution in [3.05, 3.63) is 11.3 Å². The quantitative estimate of drug-likeness (QED) is 0.163. The Morgan fingerprint density at radius 1 is 0.750 bits per heavy atom. The second kappa shape index (κ2) is 17.4. The highest BCUT2D eigenvalue weighted by Crippen LogP contribution is 2.24. The number of hydrogen-bond donors (Lipinski definition) is 1. The molecule has 0 aliphatic heterocycles. The molecule has 0 aliphatic carbocycles. The van der Waals surface area contributed by atoms with Gasteiger partial charge in [-0.25, -0.2) is 4.52 Å². The topological polar surface area (TPSA) is 46.5 Å². The Morgan fingerprint density at radius 2 is 1.12 bits per heavy atom. The van der Waals surface area contributed by atoms with Crippen LogP contribution >= 0.6 is 8.25 Å². The molecule has 3 nitrogen and oxygen atoms in total. The van der Waals surface area contributed by atoms with Crippen LogP contribution in [0.25, 0.3) is 0 Å². The summed E-state index contributed by atoms with van der Waals surface area (Å²) in [6, 6.07) is 0. The molecule has 0 rings (SSSR count). The monoisotopic (exact) mass is 359 g/mol. The molecule has 0 aromatic carbocycles. The lowest BCUT2D eigenvalue weighted by Crippen LogP contribution is -1.88. The Bertz CT molecular complexity index is 340. The van der Waals surface area contributed by atoms with Gasteiger partial charge in [-0.05, 0) is 32.3 Å². The zero-order valence-corrected chi connectivity index (χ0v) is 17.2. The van der Waals surface area contributed by atoms with Crippen LogP contribution in [0.1, 0.15) is 117 Å². The Morgan fingerprint density at radius 3 is 1.50 bits per heavy atom. The molecule has 0 aliphatic rings. The molecule has 1 unspecified atom stereocenters. The van der Waals surface area contributed by atoms with E-state index in [1.165, 1.54) is 83.5 Å². The third-order valence-corrected chi connectivity index (χ3v) is 5.15. The van der Waals surface area contributed by atoms with Crippen molar-refractivity contribution in [1.29, 1.82) is 0 Å². The van der Waals surface area contributed by atoms with E-state index in [0.717, 1.165) is 18.4 Å². The van der Waals surface area contributed by atoms with Crippen LogP contribution in [0, 0.1) is 0 Å². The molecule has 0 spiro atoms. The lowest BCUT2D eigenvalue weighted by atomic mass is 10.0. The molecule has 0 saturated heterocycles. The zero-order valence-electron chi connectivity index (χ0n) is 16.3. The molecule has 0 radical (unpaired) electrons. The maximum Gasteiger partial charge on any atom is 0.747 e. The van der Waals surface area contributed by atoms with Crippen LogP contribution in [-0.4, -0.2) is 4.89 Å². The van der Waals surface area contributed by atoms with E-state index in [-0.39, 0.29) is 0 Å². The van der Waals surface area contributed by atoms with Crippen molar-refractivity contribution >= 4 is 8.25 Å². The maximum atomic E-state index is 10.6. The van der Waals surface area contributed by atoms with Gasteiger partial charge in [0.15, 0.2) is 5.76 Å². The molecule has 142 valence electrons. The first kappa shape index (κ1) is 23.6. The predicted molar refractivity (Wildman–Crippen MR) is 104 cm³/mol. The van der Waals surface area contributed by atoms with E-state index in [9.17, 15) is 4.57 Å². The molecule has 0 aromatic rings. The summed E-state index contributed by atoms with van der Waals surface area (Å²) in [6.07, 6.45) is 20.1. The van der Waals surface area contributed by atoms with Gasteiger partial charge in [-0.3, -0.25) is 0 Å². The van der Waals surface area contributed by atoms with Gasteiger partial charge in [-0.2, -0.15) is 0 Å². The minimum absolute atomic E-state index is 0.605. The average Bonchev–Trinajstić information content (AvgIpc) is 2.54. The molecule has 0 aromatic heterocycles. The molecule has 1 N–H and O–H groups in total. The Kier molecular flexibility index (Phi) is 17.1. The van der Waals surface area contributed by atoms with Crippen LogP contribution < -0.4 is 0 Å². The Hall–Kier alpha value is -0.400. The van der Waals surface area contributed by atoms with E-state index in [4.69, 9.17) is 9.42 Å². The largest absolute Gasteiger partial charge is 0.747 e. The van der Waals surface area contributed by atoms with Gasteiger partial charge < -0.3 is 0 Å². The smallest absolute Gasteiger partial charge is 0.234 e. The summed E-state index contributed by atoms with van der Waals surface area (Å²) >= 11 is 0. The SMILES string of the molecule is CCCCCCCCCCCCCCCCC(C)=C(C)O[P+](=O)O. The molecule has 0 bridgehead atoms. The fourth-order valence-corrected chi connectivity index (χ4v) is 3.35. The summed E-state index contributed by atoms with van der Waals surface area (Å²) in [5.41, 5.74) is 1.09. The highest BCUT2D eigenvalue weighted by atomic mass is 31.1. The fourth-order valence-electron chi connectivity index (χ4n) is 2.96. The first-order valence-corrected chi connectivity index (χ1v) is 11.2. The molecule has 0 heterocycles. The summed E-state index contributed by atoms with van der Waals surface area (Å²) in [7, 11) is -2.52. The van der Waals surface area contributed by atoms with Crippen molar-refractivity contribution in [2.24, 2.45) is 0 Å². The third kappa shape index (κ3) is 16.5. The van der Waals surface area contributed by atoms with Crippen LogP contribution in [-0.2, 0) is 9.09 Å². The highest BCUT2D eigenvalue weighted by molar-refractivity contribution is 7.32. The maximum absolute atomic E-state index is 10.6. The zero-order chi connectivity index (χ0) is 18.0. The van der Waals surface area contributed by atoms with Crippen molar-refractivity contribution < 1.29 is 14.0 Å². The molecular formula is C20H40O3P+. The highest BCUT2D eigenvalue weighted by Gasteiger charge is 2.14. The van der Waals surface area contributed by atoms with Gasteiger partial charge in [0.2, 0.25) is 0 Å². The van der Waals surface area contributed by atoms with Gasteiger partial charge >= 0.3 is 8.25 Å². The van der Waals surface area contributed by atoms with Crippen molar-refractivity contribution in [2.45, 2.75) is 117 Å². The minimum Gasteiger partial charge on any atom is -0.234 e. The van der Waals surface area contributed by atoms with Gasteiger partial charge in [0, 0.05) is 4.57 Å². The van der Waals surface area contributed by atoms with Gasteiger partial charge in [-0.1, -0.05) is 90.4 Å². The second-order valence-corrected chi connectivity index (χ2v) is 7.67. The standard InChI is InChI=1S/C20H39O3P/c1-4-5-6-7-8-9-10-11-12-13-14-15-16-17-18-19(2)20(3)23-24(21)22/h4-18H2,1-3H3/p+1. The summed E-state index contributed by atoms with van der Waals surface area (Å²) in [6.45, 7) is 6.02. The molecular weight excluding hydrogens is 319 g/mol. The molecule has 0 saturated carbocycles. The van der Waals surface area contributed by atoms with Crippen LogP contribution in [0.3, 0.4) is 0 Å². The second-order valence-electron chi connectivity index (χ2n) is 7.01. The van der Waals surface area contributed by atoms with E-state index in [2.05, 4.69) is 6.92 Å². The summed E-state index contributed by atoms with van der Waals surface area (Å²) < 4.78 is 15.4. The normalized spacial score (nSPS) is 12.9. The van der Waals surface area contributed by atoms with E-state index in [0.29, 0.717) is 5.76 Å². The van der Waals surface area contributed by atoms with E-state index in [1.54, 1.807) is 6.92 Å². The van der Waals surface area contributed by atoms with E-state index >= 15 is 0 Å². The minimum atomic E-state index is -2.52. The molecule has 4 heteroatoms. The van der Waals surface area contributed by atoms with Crippen molar-refractivity contribution in [2.75, 3.05) is 0 Å².